The highest BCUT2D eigenvalue weighted by Crippen LogP contribution is 2.17. The van der Waals surface area contributed by atoms with Crippen LogP contribution in [0, 0.1) is 6.92 Å². The molecule has 5 nitrogen and oxygen atoms in total. The van der Waals surface area contributed by atoms with Crippen molar-refractivity contribution in [3.05, 3.63) is 11.9 Å². The van der Waals surface area contributed by atoms with Gasteiger partial charge in [0.1, 0.15) is 4.90 Å². The summed E-state index contributed by atoms with van der Waals surface area (Å²) in [5, 5.41) is 6.31. The Balaban J connectivity index is 3.16. The molecule has 1 N–H and O–H groups in total. The van der Waals surface area contributed by atoms with E-state index in [2.05, 4.69) is 10.2 Å². The van der Waals surface area contributed by atoms with Gasteiger partial charge in [-0.1, -0.05) is 0 Å². The van der Waals surface area contributed by atoms with E-state index in [0.29, 0.717) is 5.69 Å². The molecule has 6 heteroatoms. The molecular weight excluding hydrogens is 202 g/mol. The summed E-state index contributed by atoms with van der Waals surface area (Å²) in [6.07, 6.45) is 1.34. The van der Waals surface area contributed by atoms with Gasteiger partial charge in [-0.05, 0) is 20.8 Å². The van der Waals surface area contributed by atoms with Crippen LogP contribution in [0.3, 0.4) is 0 Å². The van der Waals surface area contributed by atoms with E-state index >= 15 is 0 Å². The minimum Gasteiger partial charge on any atom is -0.281 e. The number of nitrogens with zero attached hydrogens (tertiary/aromatic N) is 2. The van der Waals surface area contributed by atoms with Gasteiger partial charge in [-0.25, -0.2) is 8.42 Å². The Hall–Kier alpha value is -0.880. The van der Waals surface area contributed by atoms with Gasteiger partial charge in [-0.2, -0.15) is 9.40 Å². The van der Waals surface area contributed by atoms with E-state index in [4.69, 9.17) is 0 Å². The van der Waals surface area contributed by atoms with Crippen LogP contribution in [-0.4, -0.2) is 36.0 Å². The maximum absolute atomic E-state index is 11.9. The Morgan fingerprint density at radius 1 is 1.50 bits per heavy atom. The van der Waals surface area contributed by atoms with Crippen molar-refractivity contribution in [3.63, 3.8) is 0 Å². The van der Waals surface area contributed by atoms with Crippen molar-refractivity contribution in [2.24, 2.45) is 0 Å². The van der Waals surface area contributed by atoms with Crippen LogP contribution in [-0.2, 0) is 10.0 Å². The molecule has 1 heterocycles. The topological polar surface area (TPSA) is 66.1 Å². The number of nitrogens with one attached hydrogen (secondary N) is 1. The summed E-state index contributed by atoms with van der Waals surface area (Å²) in [6.45, 7) is 5.34. The molecule has 0 saturated heterocycles. The molecule has 1 aromatic rings. The summed E-state index contributed by atoms with van der Waals surface area (Å²) in [5.74, 6) is 0. The molecule has 0 atom stereocenters. The average Bonchev–Trinajstić information content (AvgIpc) is 2.50. The summed E-state index contributed by atoms with van der Waals surface area (Å²) >= 11 is 0. The molecule has 0 spiro atoms. The van der Waals surface area contributed by atoms with Crippen molar-refractivity contribution < 1.29 is 8.42 Å². The van der Waals surface area contributed by atoms with E-state index in [1.807, 2.05) is 13.8 Å². The maximum Gasteiger partial charge on any atom is 0.246 e. The van der Waals surface area contributed by atoms with E-state index in [0.717, 1.165) is 0 Å². The van der Waals surface area contributed by atoms with E-state index in [9.17, 15) is 8.42 Å². The molecule has 0 unspecified atom stereocenters. The Labute approximate surface area is 84.2 Å². The van der Waals surface area contributed by atoms with Crippen LogP contribution in [0.5, 0.6) is 0 Å². The monoisotopic (exact) mass is 217 g/mol. The van der Waals surface area contributed by atoms with E-state index < -0.39 is 10.0 Å². The first kappa shape index (κ1) is 11.2. The Morgan fingerprint density at radius 3 is 2.43 bits per heavy atom. The zero-order chi connectivity index (χ0) is 10.9. The second-order valence-corrected chi connectivity index (χ2v) is 5.44. The molecule has 0 aliphatic rings. The van der Waals surface area contributed by atoms with Crippen LogP contribution in [0.1, 0.15) is 19.5 Å². The van der Waals surface area contributed by atoms with Gasteiger partial charge in [0, 0.05) is 13.1 Å². The van der Waals surface area contributed by atoms with Gasteiger partial charge >= 0.3 is 0 Å². The van der Waals surface area contributed by atoms with Crippen LogP contribution < -0.4 is 0 Å². The number of aromatic nitrogens is 2. The fourth-order valence-electron chi connectivity index (χ4n) is 1.03. The normalized spacial score (nSPS) is 12.7. The molecular formula is C8H15N3O2S. The smallest absolute Gasteiger partial charge is 0.246 e. The van der Waals surface area contributed by atoms with Crippen molar-refractivity contribution in [1.29, 1.82) is 0 Å². The summed E-state index contributed by atoms with van der Waals surface area (Å²) in [7, 11) is -1.82. The Bertz CT molecular complexity index is 408. The first-order valence-corrected chi connectivity index (χ1v) is 5.79. The Morgan fingerprint density at radius 2 is 2.07 bits per heavy atom. The number of H-pyrrole nitrogens is 1. The van der Waals surface area contributed by atoms with E-state index in [1.54, 1.807) is 14.0 Å². The number of hydrogen-bond donors (Lipinski definition) is 1. The minimum atomic E-state index is -3.39. The van der Waals surface area contributed by atoms with Gasteiger partial charge in [0.15, 0.2) is 0 Å². The lowest BCUT2D eigenvalue weighted by molar-refractivity contribution is 0.410. The second kappa shape index (κ2) is 3.70. The zero-order valence-corrected chi connectivity index (χ0v) is 9.59. The standard InChI is InChI=1S/C8H15N3O2S/c1-6(2)11(4)14(12,13)8-5-9-10-7(8)3/h5-6H,1-4H3,(H,9,10). The molecule has 0 amide bonds. The van der Waals surface area contributed by atoms with Crippen molar-refractivity contribution in [3.8, 4) is 0 Å². The van der Waals surface area contributed by atoms with Gasteiger partial charge in [0.2, 0.25) is 10.0 Å². The molecule has 80 valence electrons. The maximum atomic E-state index is 11.9. The quantitative estimate of drug-likeness (QED) is 0.812. The van der Waals surface area contributed by atoms with Crippen molar-refractivity contribution >= 4 is 10.0 Å². The molecule has 0 radical (unpaired) electrons. The predicted octanol–water partition coefficient (Wildman–Crippen LogP) is 0.747. The first-order chi connectivity index (χ1) is 6.37. The third kappa shape index (κ3) is 1.80. The second-order valence-electron chi connectivity index (χ2n) is 3.47. The van der Waals surface area contributed by atoms with Crippen LogP contribution >= 0.6 is 0 Å². The SMILES string of the molecule is Cc1[nH]ncc1S(=O)(=O)N(C)C(C)C. The first-order valence-electron chi connectivity index (χ1n) is 4.35. The molecule has 1 aromatic heterocycles. The number of sulfonamides is 1. The van der Waals surface area contributed by atoms with E-state index in [-0.39, 0.29) is 10.9 Å². The summed E-state index contributed by atoms with van der Waals surface area (Å²) in [4.78, 5) is 0.244. The highest BCUT2D eigenvalue weighted by atomic mass is 32.2. The number of aryl methyl sites for hydroxylation is 1. The van der Waals surface area contributed by atoms with Crippen LogP contribution in [0.4, 0.5) is 0 Å². The lowest BCUT2D eigenvalue weighted by Gasteiger charge is -2.20. The van der Waals surface area contributed by atoms with Gasteiger partial charge in [0.05, 0.1) is 11.9 Å². The van der Waals surface area contributed by atoms with Crippen molar-refractivity contribution in [2.45, 2.75) is 31.7 Å². The molecule has 1 rings (SSSR count). The van der Waals surface area contributed by atoms with Gasteiger partial charge in [-0.15, -0.1) is 0 Å². The third-order valence-electron chi connectivity index (χ3n) is 2.17. The molecule has 14 heavy (non-hydrogen) atoms. The van der Waals surface area contributed by atoms with Gasteiger partial charge in [0.25, 0.3) is 0 Å². The average molecular weight is 217 g/mol. The van der Waals surface area contributed by atoms with Crippen molar-refractivity contribution in [1.82, 2.24) is 14.5 Å². The van der Waals surface area contributed by atoms with Crippen LogP contribution in [0.15, 0.2) is 11.1 Å². The minimum absolute atomic E-state index is 0.0608. The fraction of sp³-hybridized carbons (Fsp3) is 0.625. The molecule has 0 saturated carbocycles. The predicted molar refractivity (Wildman–Crippen MR) is 53.4 cm³/mol. The highest BCUT2D eigenvalue weighted by Gasteiger charge is 2.25. The molecule has 0 aromatic carbocycles. The van der Waals surface area contributed by atoms with Crippen molar-refractivity contribution in [2.75, 3.05) is 7.05 Å². The van der Waals surface area contributed by atoms with Crippen LogP contribution in [0.25, 0.3) is 0 Å². The van der Waals surface area contributed by atoms with Gasteiger partial charge in [-0.3, -0.25) is 5.10 Å². The third-order valence-corrected chi connectivity index (χ3v) is 4.32. The lowest BCUT2D eigenvalue weighted by Crippen LogP contribution is -2.33. The number of rotatable bonds is 3. The largest absolute Gasteiger partial charge is 0.281 e. The zero-order valence-electron chi connectivity index (χ0n) is 8.77. The summed E-state index contributed by atoms with van der Waals surface area (Å²) < 4.78 is 25.2. The molecule has 0 fully saturated rings. The molecule has 0 aliphatic carbocycles. The molecule has 0 aliphatic heterocycles. The molecule has 0 bridgehead atoms. The number of hydrogen-bond acceptors (Lipinski definition) is 3. The number of aromatic amines is 1. The fourth-order valence-corrected chi connectivity index (χ4v) is 2.52. The summed E-state index contributed by atoms with van der Waals surface area (Å²) in [6, 6.07) is -0.0608. The highest BCUT2D eigenvalue weighted by molar-refractivity contribution is 7.89. The van der Waals surface area contributed by atoms with E-state index in [1.165, 1.54) is 10.5 Å². The summed E-state index contributed by atoms with van der Waals surface area (Å²) in [5.41, 5.74) is 0.567. The van der Waals surface area contributed by atoms with Gasteiger partial charge < -0.3 is 0 Å². The Kier molecular flexibility index (Phi) is 2.96. The lowest BCUT2D eigenvalue weighted by atomic mass is 10.4. The van der Waals surface area contributed by atoms with Crippen LogP contribution in [0.2, 0.25) is 0 Å².